The van der Waals surface area contributed by atoms with E-state index in [1.807, 2.05) is 0 Å². The molecule has 2 unspecified atom stereocenters. The third-order valence-corrected chi connectivity index (χ3v) is 1.31. The highest BCUT2D eigenvalue weighted by Gasteiger charge is 2.35. The van der Waals surface area contributed by atoms with Crippen LogP contribution in [0.15, 0.2) is 0 Å². The lowest BCUT2D eigenvalue weighted by atomic mass is 10.0. The molecule has 5 heteroatoms. The van der Waals surface area contributed by atoms with Gasteiger partial charge in [-0.25, -0.2) is 0 Å². The van der Waals surface area contributed by atoms with E-state index in [1.165, 1.54) is 6.92 Å². The van der Waals surface area contributed by atoms with Crippen molar-refractivity contribution in [3.8, 4) is 0 Å². The predicted octanol–water partition coefficient (Wildman–Crippen LogP) is -2.00. The van der Waals surface area contributed by atoms with Crippen molar-refractivity contribution in [2.75, 3.05) is 0 Å². The normalized spacial score (nSPS) is 17.5. The molecule has 66 valence electrons. The van der Waals surface area contributed by atoms with Crippen LogP contribution in [0, 0.1) is 0 Å². The van der Waals surface area contributed by atoms with Crippen LogP contribution in [0.2, 0.25) is 0 Å². The number of hydrogen-bond donors (Lipinski definition) is 4. The van der Waals surface area contributed by atoms with Crippen molar-refractivity contribution >= 4 is 6.29 Å². The molecule has 4 N–H and O–H groups in total. The van der Waals surface area contributed by atoms with Crippen LogP contribution < -0.4 is 0 Å². The maximum Gasteiger partial charge on any atom is 0.198 e. The quantitative estimate of drug-likeness (QED) is 0.284. The molecule has 2 atom stereocenters. The summed E-state index contributed by atoms with van der Waals surface area (Å²) in [6, 6.07) is 0. The van der Waals surface area contributed by atoms with Gasteiger partial charge in [0, 0.05) is 0 Å². The average Bonchev–Trinajstić information content (AvgIpc) is 1.86. The highest BCUT2D eigenvalue weighted by atomic mass is 16.5. The maximum atomic E-state index is 9.83. The van der Waals surface area contributed by atoms with Gasteiger partial charge in [0.2, 0.25) is 0 Å². The van der Waals surface area contributed by atoms with E-state index in [4.69, 9.17) is 20.4 Å². The molecule has 0 aromatic rings. The van der Waals surface area contributed by atoms with Gasteiger partial charge in [0.25, 0.3) is 0 Å². The first kappa shape index (κ1) is 10.5. The second-order valence-corrected chi connectivity index (χ2v) is 2.43. The van der Waals surface area contributed by atoms with Gasteiger partial charge < -0.3 is 25.2 Å². The first-order chi connectivity index (χ1) is 4.91. The fourth-order valence-electron chi connectivity index (χ4n) is 0.630. The third kappa shape index (κ3) is 2.94. The summed E-state index contributed by atoms with van der Waals surface area (Å²) < 4.78 is 0. The lowest BCUT2D eigenvalue weighted by Gasteiger charge is -2.27. The molecule has 0 bridgehead atoms. The Morgan fingerprint density at radius 2 is 1.91 bits per heavy atom. The Morgan fingerprint density at radius 1 is 1.45 bits per heavy atom. The Morgan fingerprint density at radius 3 is 2.18 bits per heavy atom. The molecule has 0 amide bonds. The molecular weight excluding hydrogens is 152 g/mol. The van der Waals surface area contributed by atoms with Crippen molar-refractivity contribution in [2.45, 2.75) is 31.3 Å². The molecule has 0 spiro atoms. The molecule has 0 aliphatic carbocycles. The van der Waals surface area contributed by atoms with Crippen molar-refractivity contribution in [1.82, 2.24) is 0 Å². The summed E-state index contributed by atoms with van der Waals surface area (Å²) in [5.74, 6) is -2.53. The monoisotopic (exact) mass is 164 g/mol. The van der Waals surface area contributed by atoms with Crippen molar-refractivity contribution in [2.24, 2.45) is 0 Å². The van der Waals surface area contributed by atoms with Crippen LogP contribution in [0.5, 0.6) is 0 Å². The van der Waals surface area contributed by atoms with Gasteiger partial charge in [-0.15, -0.1) is 0 Å². The largest absolute Gasteiger partial charge is 0.391 e. The molecule has 0 aliphatic heterocycles. The molecule has 0 saturated heterocycles. The van der Waals surface area contributed by atoms with E-state index in [-0.39, 0.29) is 6.29 Å². The fraction of sp³-hybridized carbons (Fsp3) is 0.833. The smallest absolute Gasteiger partial charge is 0.198 e. The zero-order valence-corrected chi connectivity index (χ0v) is 6.14. The van der Waals surface area contributed by atoms with E-state index < -0.39 is 24.4 Å². The van der Waals surface area contributed by atoms with E-state index in [1.54, 1.807) is 0 Å². The van der Waals surface area contributed by atoms with E-state index in [0.717, 1.165) is 0 Å². The number of rotatable bonds is 4. The van der Waals surface area contributed by atoms with E-state index >= 15 is 0 Å². The summed E-state index contributed by atoms with van der Waals surface area (Å²) in [7, 11) is 0. The molecule has 0 radical (unpaired) electrons. The van der Waals surface area contributed by atoms with Gasteiger partial charge >= 0.3 is 0 Å². The van der Waals surface area contributed by atoms with Crippen molar-refractivity contribution in [3.05, 3.63) is 0 Å². The molecule has 0 saturated carbocycles. The molecule has 0 aromatic heterocycles. The first-order valence-corrected chi connectivity index (χ1v) is 3.16. The maximum absolute atomic E-state index is 9.83. The molecular formula is C6H12O5. The third-order valence-electron chi connectivity index (χ3n) is 1.31. The summed E-state index contributed by atoms with van der Waals surface area (Å²) >= 11 is 0. The average molecular weight is 164 g/mol. The summed E-state index contributed by atoms with van der Waals surface area (Å²) in [6.07, 6.45) is -3.39. The number of aliphatic hydroxyl groups is 4. The Bertz CT molecular complexity index is 131. The number of hydrogen-bond acceptors (Lipinski definition) is 5. The summed E-state index contributed by atoms with van der Waals surface area (Å²) in [4.78, 5) is 9.83. The zero-order valence-electron chi connectivity index (χ0n) is 6.14. The summed E-state index contributed by atoms with van der Waals surface area (Å²) in [5.41, 5.74) is 0. The molecule has 0 fully saturated rings. The van der Waals surface area contributed by atoms with Crippen LogP contribution >= 0.6 is 0 Å². The number of aldehydes is 1. The Hall–Kier alpha value is -0.490. The predicted molar refractivity (Wildman–Crippen MR) is 35.5 cm³/mol. The Kier molecular flexibility index (Phi) is 3.61. The molecule has 0 aromatic carbocycles. The number of carbonyl (C=O) groups excluding carboxylic acids is 1. The SMILES string of the molecule is CC(O)C(O)C(O)(O)CC=O. The van der Waals surface area contributed by atoms with Gasteiger partial charge in [-0.1, -0.05) is 0 Å². The molecule has 0 rings (SSSR count). The van der Waals surface area contributed by atoms with Crippen molar-refractivity contribution in [1.29, 1.82) is 0 Å². The van der Waals surface area contributed by atoms with E-state index in [0.29, 0.717) is 0 Å². The van der Waals surface area contributed by atoms with Gasteiger partial charge in [-0.3, -0.25) is 0 Å². The number of aliphatic hydroxyl groups excluding tert-OH is 2. The topological polar surface area (TPSA) is 98.0 Å². The van der Waals surface area contributed by atoms with Gasteiger partial charge in [-0.2, -0.15) is 0 Å². The summed E-state index contributed by atoms with van der Waals surface area (Å²) in [6.45, 7) is 1.19. The lowest BCUT2D eigenvalue weighted by Crippen LogP contribution is -2.48. The van der Waals surface area contributed by atoms with Gasteiger partial charge in [0.1, 0.15) is 12.4 Å². The van der Waals surface area contributed by atoms with Gasteiger partial charge in [-0.05, 0) is 6.92 Å². The van der Waals surface area contributed by atoms with Crippen LogP contribution in [0.1, 0.15) is 13.3 Å². The minimum atomic E-state index is -2.53. The standard InChI is InChI=1S/C6H12O5/c1-4(8)5(9)6(10,11)2-3-7/h3-5,8-11H,2H2,1H3. The first-order valence-electron chi connectivity index (χ1n) is 3.16. The van der Waals surface area contributed by atoms with Crippen molar-refractivity contribution < 1.29 is 25.2 Å². The lowest BCUT2D eigenvalue weighted by molar-refractivity contribution is -0.243. The van der Waals surface area contributed by atoms with Crippen molar-refractivity contribution in [3.63, 3.8) is 0 Å². The molecule has 5 nitrogen and oxygen atoms in total. The second kappa shape index (κ2) is 3.77. The van der Waals surface area contributed by atoms with Crippen LogP contribution in [-0.4, -0.2) is 44.7 Å². The summed E-state index contributed by atoms with van der Waals surface area (Å²) in [5, 5.41) is 35.3. The van der Waals surface area contributed by atoms with Crippen LogP contribution in [-0.2, 0) is 4.79 Å². The zero-order chi connectivity index (χ0) is 9.07. The fourth-order valence-corrected chi connectivity index (χ4v) is 0.630. The van der Waals surface area contributed by atoms with Gasteiger partial charge in [0.05, 0.1) is 12.5 Å². The van der Waals surface area contributed by atoms with Crippen LogP contribution in [0.4, 0.5) is 0 Å². The molecule has 0 heterocycles. The second-order valence-electron chi connectivity index (χ2n) is 2.43. The highest BCUT2D eigenvalue weighted by molar-refractivity contribution is 5.50. The number of carbonyl (C=O) groups is 1. The minimum Gasteiger partial charge on any atom is -0.391 e. The Labute approximate surface area is 63.9 Å². The van der Waals surface area contributed by atoms with Gasteiger partial charge in [0.15, 0.2) is 5.79 Å². The molecule has 11 heavy (non-hydrogen) atoms. The van der Waals surface area contributed by atoms with E-state index in [2.05, 4.69) is 0 Å². The van der Waals surface area contributed by atoms with Crippen LogP contribution in [0.3, 0.4) is 0 Å². The minimum absolute atomic E-state index is 0.256. The highest BCUT2D eigenvalue weighted by Crippen LogP contribution is 2.12. The van der Waals surface area contributed by atoms with Crippen LogP contribution in [0.25, 0.3) is 0 Å². The molecule has 0 aliphatic rings. The Balaban J connectivity index is 4.15. The van der Waals surface area contributed by atoms with E-state index in [9.17, 15) is 4.79 Å².